The van der Waals surface area contributed by atoms with Gasteiger partial charge in [-0.25, -0.2) is 0 Å². The van der Waals surface area contributed by atoms with Crippen LogP contribution in [0.3, 0.4) is 0 Å². The van der Waals surface area contributed by atoms with E-state index in [1.807, 2.05) is 0 Å². The maximum absolute atomic E-state index is 3.64. The van der Waals surface area contributed by atoms with Gasteiger partial charge < -0.3 is 10.2 Å². The van der Waals surface area contributed by atoms with Gasteiger partial charge in [-0.1, -0.05) is 45.4 Å². The molecular weight excluding hydrogens is 220 g/mol. The van der Waals surface area contributed by atoms with Crippen molar-refractivity contribution >= 4 is 0 Å². The first-order valence-corrected chi connectivity index (χ1v) is 8.25. The lowest BCUT2D eigenvalue weighted by atomic mass is 10.0. The summed E-state index contributed by atoms with van der Waals surface area (Å²) >= 11 is 0. The quantitative estimate of drug-likeness (QED) is 0.596. The van der Waals surface area contributed by atoms with Gasteiger partial charge in [-0.05, 0) is 52.4 Å². The number of unbranched alkanes of at least 4 members (excludes halogenated alkanes) is 5. The van der Waals surface area contributed by atoms with Crippen LogP contribution in [0.1, 0.15) is 71.1 Å². The molecule has 0 radical (unpaired) electrons. The van der Waals surface area contributed by atoms with Crippen molar-refractivity contribution in [3.63, 3.8) is 0 Å². The molecule has 1 rings (SSSR count). The van der Waals surface area contributed by atoms with Crippen molar-refractivity contribution in [2.45, 2.75) is 77.2 Å². The first-order valence-electron chi connectivity index (χ1n) is 8.25. The molecule has 0 saturated carbocycles. The van der Waals surface area contributed by atoms with Crippen LogP contribution in [-0.2, 0) is 0 Å². The Morgan fingerprint density at radius 2 is 1.78 bits per heavy atom. The van der Waals surface area contributed by atoms with Gasteiger partial charge in [0.2, 0.25) is 0 Å². The molecule has 0 aromatic heterocycles. The normalized spacial score (nSPS) is 20.5. The largest absolute Gasteiger partial charge is 0.314 e. The van der Waals surface area contributed by atoms with Crippen molar-refractivity contribution in [2.75, 3.05) is 26.7 Å². The summed E-state index contributed by atoms with van der Waals surface area (Å²) in [6.45, 7) is 6.09. The van der Waals surface area contributed by atoms with Crippen molar-refractivity contribution in [3.8, 4) is 0 Å². The zero-order chi connectivity index (χ0) is 13.1. The van der Waals surface area contributed by atoms with E-state index >= 15 is 0 Å². The van der Waals surface area contributed by atoms with E-state index in [0.717, 1.165) is 6.04 Å². The fraction of sp³-hybridized carbons (Fsp3) is 1.00. The second kappa shape index (κ2) is 10.8. The molecule has 1 saturated heterocycles. The van der Waals surface area contributed by atoms with Crippen LogP contribution >= 0.6 is 0 Å². The highest BCUT2D eigenvalue weighted by atomic mass is 15.1. The predicted octanol–water partition coefficient (Wildman–Crippen LogP) is 3.81. The Balaban J connectivity index is 1.88. The van der Waals surface area contributed by atoms with Crippen LogP contribution in [0, 0.1) is 0 Å². The fourth-order valence-electron chi connectivity index (χ4n) is 2.82. The molecule has 0 bridgehead atoms. The average molecular weight is 254 g/mol. The summed E-state index contributed by atoms with van der Waals surface area (Å²) in [6.07, 6.45) is 14.0. The van der Waals surface area contributed by atoms with Crippen LogP contribution in [0.4, 0.5) is 0 Å². The third-order valence-electron chi connectivity index (χ3n) is 4.17. The predicted molar refractivity (Wildman–Crippen MR) is 81.1 cm³/mol. The lowest BCUT2D eigenvalue weighted by Gasteiger charge is -2.25. The molecule has 1 atom stereocenters. The number of nitrogens with one attached hydrogen (secondary N) is 1. The molecule has 1 heterocycles. The minimum Gasteiger partial charge on any atom is -0.314 e. The fourth-order valence-corrected chi connectivity index (χ4v) is 2.82. The van der Waals surface area contributed by atoms with E-state index in [0.29, 0.717) is 0 Å². The van der Waals surface area contributed by atoms with Gasteiger partial charge in [0.15, 0.2) is 0 Å². The maximum Gasteiger partial charge on any atom is 0.00792 e. The van der Waals surface area contributed by atoms with Gasteiger partial charge in [-0.3, -0.25) is 0 Å². The van der Waals surface area contributed by atoms with E-state index in [1.165, 1.54) is 83.8 Å². The molecule has 1 fully saturated rings. The molecule has 1 unspecified atom stereocenters. The molecule has 0 aliphatic carbocycles. The third-order valence-corrected chi connectivity index (χ3v) is 4.17. The van der Waals surface area contributed by atoms with Crippen LogP contribution in [-0.4, -0.2) is 37.6 Å². The second-order valence-corrected chi connectivity index (χ2v) is 6.01. The van der Waals surface area contributed by atoms with E-state index in [1.54, 1.807) is 0 Å². The van der Waals surface area contributed by atoms with E-state index in [4.69, 9.17) is 0 Å². The molecule has 0 aromatic carbocycles. The standard InChI is InChI=1S/C16H34N2/c1-3-4-5-6-7-10-14-18(2)15-12-16-11-8-9-13-17-16/h16-17H,3-15H2,1-2H3. The second-order valence-electron chi connectivity index (χ2n) is 6.01. The Morgan fingerprint density at radius 3 is 2.50 bits per heavy atom. The van der Waals surface area contributed by atoms with Crippen LogP contribution in [0.25, 0.3) is 0 Å². The van der Waals surface area contributed by atoms with Crippen molar-refractivity contribution < 1.29 is 0 Å². The van der Waals surface area contributed by atoms with Crippen molar-refractivity contribution in [1.29, 1.82) is 0 Å². The Morgan fingerprint density at radius 1 is 1.00 bits per heavy atom. The van der Waals surface area contributed by atoms with Gasteiger partial charge in [0.1, 0.15) is 0 Å². The molecule has 2 heteroatoms. The Labute approximate surface area is 115 Å². The SMILES string of the molecule is CCCCCCCCN(C)CCC1CCCCN1. The summed E-state index contributed by atoms with van der Waals surface area (Å²) in [6, 6.07) is 0.797. The summed E-state index contributed by atoms with van der Waals surface area (Å²) in [5.74, 6) is 0. The molecule has 0 spiro atoms. The van der Waals surface area contributed by atoms with Crippen LogP contribution in [0.2, 0.25) is 0 Å². The first kappa shape index (κ1) is 16.0. The lowest BCUT2D eigenvalue weighted by molar-refractivity contribution is 0.282. The minimum atomic E-state index is 0.797. The number of piperidine rings is 1. The van der Waals surface area contributed by atoms with Crippen LogP contribution in [0.5, 0.6) is 0 Å². The van der Waals surface area contributed by atoms with Crippen molar-refractivity contribution in [3.05, 3.63) is 0 Å². The highest BCUT2D eigenvalue weighted by Crippen LogP contribution is 2.11. The molecule has 1 aliphatic heterocycles. The Kier molecular flexibility index (Phi) is 9.59. The highest BCUT2D eigenvalue weighted by Gasteiger charge is 2.12. The number of nitrogens with zero attached hydrogens (tertiary/aromatic N) is 1. The van der Waals surface area contributed by atoms with Crippen molar-refractivity contribution in [1.82, 2.24) is 10.2 Å². The Hall–Kier alpha value is -0.0800. The van der Waals surface area contributed by atoms with Gasteiger partial charge in [0.25, 0.3) is 0 Å². The summed E-state index contributed by atoms with van der Waals surface area (Å²) in [5, 5.41) is 3.64. The Bertz CT molecular complexity index is 176. The molecule has 1 aliphatic rings. The summed E-state index contributed by atoms with van der Waals surface area (Å²) < 4.78 is 0. The van der Waals surface area contributed by atoms with E-state index in [9.17, 15) is 0 Å². The molecule has 0 amide bonds. The van der Waals surface area contributed by atoms with Gasteiger partial charge >= 0.3 is 0 Å². The molecule has 18 heavy (non-hydrogen) atoms. The molecule has 108 valence electrons. The monoisotopic (exact) mass is 254 g/mol. The summed E-state index contributed by atoms with van der Waals surface area (Å²) in [4.78, 5) is 2.52. The van der Waals surface area contributed by atoms with Gasteiger partial charge in [0, 0.05) is 6.04 Å². The summed E-state index contributed by atoms with van der Waals surface area (Å²) in [5.41, 5.74) is 0. The highest BCUT2D eigenvalue weighted by molar-refractivity contribution is 4.73. The van der Waals surface area contributed by atoms with E-state index in [-0.39, 0.29) is 0 Å². The van der Waals surface area contributed by atoms with Crippen LogP contribution in [0.15, 0.2) is 0 Å². The van der Waals surface area contributed by atoms with Crippen molar-refractivity contribution in [2.24, 2.45) is 0 Å². The minimum absolute atomic E-state index is 0.797. The van der Waals surface area contributed by atoms with Gasteiger partial charge in [0.05, 0.1) is 0 Å². The first-order chi connectivity index (χ1) is 8.83. The van der Waals surface area contributed by atoms with E-state index < -0.39 is 0 Å². The number of hydrogen-bond donors (Lipinski definition) is 1. The van der Waals surface area contributed by atoms with E-state index in [2.05, 4.69) is 24.2 Å². The zero-order valence-corrected chi connectivity index (χ0v) is 12.7. The summed E-state index contributed by atoms with van der Waals surface area (Å²) in [7, 11) is 2.29. The molecule has 2 nitrogen and oxygen atoms in total. The number of hydrogen-bond acceptors (Lipinski definition) is 2. The third kappa shape index (κ3) is 8.10. The molecule has 0 aromatic rings. The zero-order valence-electron chi connectivity index (χ0n) is 12.7. The lowest BCUT2D eigenvalue weighted by Crippen LogP contribution is -2.36. The average Bonchev–Trinajstić information content (AvgIpc) is 2.41. The van der Waals surface area contributed by atoms with Crippen LogP contribution < -0.4 is 5.32 Å². The van der Waals surface area contributed by atoms with Gasteiger partial charge in [-0.2, -0.15) is 0 Å². The maximum atomic E-state index is 3.64. The smallest absolute Gasteiger partial charge is 0.00792 e. The topological polar surface area (TPSA) is 15.3 Å². The van der Waals surface area contributed by atoms with Gasteiger partial charge in [-0.15, -0.1) is 0 Å². The number of rotatable bonds is 10. The molecule has 1 N–H and O–H groups in total. The molecular formula is C16H34N2.